The first-order valence-corrected chi connectivity index (χ1v) is 5.21. The molecule has 0 unspecified atom stereocenters. The largest absolute Gasteiger partial charge is 0.365 e. The highest BCUT2D eigenvalue weighted by Gasteiger charge is 2.13. The van der Waals surface area contributed by atoms with Gasteiger partial charge in [-0.15, -0.1) is 0 Å². The maximum atomic E-state index is 11.5. The molecule has 0 saturated heterocycles. The first-order chi connectivity index (χ1) is 7.63. The van der Waals surface area contributed by atoms with E-state index in [2.05, 4.69) is 0 Å². The number of carbonyl (C=O) groups excluding carboxylic acids is 1. The van der Waals surface area contributed by atoms with Crippen LogP contribution in [-0.2, 0) is 6.54 Å². The van der Waals surface area contributed by atoms with Crippen molar-refractivity contribution in [3.8, 4) is 0 Å². The lowest BCUT2D eigenvalue weighted by Crippen LogP contribution is -2.04. The molecule has 2 aromatic rings. The summed E-state index contributed by atoms with van der Waals surface area (Å²) < 4.78 is 6.63. The highest BCUT2D eigenvalue weighted by atomic mass is 16.5. The summed E-state index contributed by atoms with van der Waals surface area (Å²) in [4.78, 5) is 22.5. The Bertz CT molecular complexity index is 577. The van der Waals surface area contributed by atoms with Crippen molar-refractivity contribution in [1.29, 1.82) is 0 Å². The van der Waals surface area contributed by atoms with Crippen molar-refractivity contribution in [1.82, 2.24) is 4.74 Å². The Labute approximate surface area is 92.4 Å². The maximum absolute atomic E-state index is 11.5. The van der Waals surface area contributed by atoms with Crippen LogP contribution in [-0.4, -0.2) is 11.0 Å². The monoisotopic (exact) mass is 219 g/mol. The van der Waals surface area contributed by atoms with E-state index in [4.69, 9.17) is 4.52 Å². The molecule has 0 aliphatic heterocycles. The van der Waals surface area contributed by atoms with Crippen LogP contribution < -0.4 is 5.63 Å². The Morgan fingerprint density at radius 2 is 2.19 bits per heavy atom. The Morgan fingerprint density at radius 3 is 2.81 bits per heavy atom. The third-order valence-electron chi connectivity index (χ3n) is 2.39. The first-order valence-electron chi connectivity index (χ1n) is 5.21. The van der Waals surface area contributed by atoms with E-state index < -0.39 is 0 Å². The van der Waals surface area contributed by atoms with Gasteiger partial charge in [-0.1, -0.05) is 19.9 Å². The van der Waals surface area contributed by atoms with Gasteiger partial charge in [-0.05, 0) is 18.1 Å². The van der Waals surface area contributed by atoms with Gasteiger partial charge in [0.15, 0.2) is 6.29 Å². The predicted molar refractivity (Wildman–Crippen MR) is 60.7 cm³/mol. The fraction of sp³-hybridized carbons (Fsp3) is 0.333. The first kappa shape index (κ1) is 10.7. The van der Waals surface area contributed by atoms with E-state index in [-0.39, 0.29) is 5.63 Å². The number of benzene rings is 1. The molecule has 0 atom stereocenters. The summed E-state index contributed by atoms with van der Waals surface area (Å²) in [5, 5.41) is 0.463. The lowest BCUT2D eigenvalue weighted by Gasteiger charge is -2.06. The molecule has 4 heteroatoms. The second kappa shape index (κ2) is 3.96. The van der Waals surface area contributed by atoms with E-state index >= 15 is 0 Å². The molecule has 0 fully saturated rings. The maximum Gasteiger partial charge on any atom is 0.365 e. The zero-order chi connectivity index (χ0) is 11.7. The Balaban J connectivity index is 2.74. The molecule has 0 saturated carbocycles. The van der Waals surface area contributed by atoms with Crippen molar-refractivity contribution in [2.45, 2.75) is 20.4 Å². The molecule has 4 nitrogen and oxygen atoms in total. The fourth-order valence-corrected chi connectivity index (χ4v) is 1.75. The summed E-state index contributed by atoms with van der Waals surface area (Å²) in [7, 11) is 0. The number of nitrogens with zero attached hydrogens (tertiary/aromatic N) is 1. The number of fused-ring (bicyclic) bond motifs is 1. The molecule has 0 aliphatic rings. The van der Waals surface area contributed by atoms with Crippen LogP contribution in [0.2, 0.25) is 0 Å². The quantitative estimate of drug-likeness (QED) is 0.742. The number of rotatable bonds is 3. The van der Waals surface area contributed by atoms with Gasteiger partial charge in [-0.3, -0.25) is 4.79 Å². The highest BCUT2D eigenvalue weighted by molar-refractivity contribution is 5.95. The van der Waals surface area contributed by atoms with Crippen LogP contribution in [0.4, 0.5) is 0 Å². The summed E-state index contributed by atoms with van der Waals surface area (Å²) in [5.41, 5.74) is 0.694. The van der Waals surface area contributed by atoms with E-state index in [9.17, 15) is 9.59 Å². The van der Waals surface area contributed by atoms with E-state index in [1.54, 1.807) is 18.2 Å². The van der Waals surface area contributed by atoms with Crippen LogP contribution in [0.5, 0.6) is 0 Å². The molecule has 0 aliphatic carbocycles. The summed E-state index contributed by atoms with van der Waals surface area (Å²) in [5.74, 6) is 0.346. The molecule has 84 valence electrons. The average Bonchev–Trinajstić information content (AvgIpc) is 2.55. The summed E-state index contributed by atoms with van der Waals surface area (Å²) in [6.45, 7) is 4.63. The van der Waals surface area contributed by atoms with Crippen LogP contribution in [0.3, 0.4) is 0 Å². The lowest BCUT2D eigenvalue weighted by atomic mass is 10.1. The molecular weight excluding hydrogens is 206 g/mol. The highest BCUT2D eigenvalue weighted by Crippen LogP contribution is 2.16. The number of hydrogen-bond donors (Lipinski definition) is 0. The molecular formula is C12H13NO3. The van der Waals surface area contributed by atoms with Crippen molar-refractivity contribution >= 4 is 17.2 Å². The smallest absolute Gasteiger partial charge is 0.335 e. The minimum atomic E-state index is -0.389. The Kier molecular flexibility index (Phi) is 2.64. The predicted octanol–water partition coefficient (Wildman–Crippen LogP) is 2.06. The SMILES string of the molecule is CC(C)Cn1oc(=O)c2cccc(C=O)c21. The number of aromatic nitrogens is 1. The minimum Gasteiger partial charge on any atom is -0.335 e. The van der Waals surface area contributed by atoms with Crippen molar-refractivity contribution < 1.29 is 9.32 Å². The third kappa shape index (κ3) is 1.66. The molecule has 1 aromatic heterocycles. The van der Waals surface area contributed by atoms with Gasteiger partial charge >= 0.3 is 5.63 Å². The molecule has 2 rings (SSSR count). The topological polar surface area (TPSA) is 52.2 Å². The fourth-order valence-electron chi connectivity index (χ4n) is 1.75. The lowest BCUT2D eigenvalue weighted by molar-refractivity contribution is 0.112. The molecule has 0 radical (unpaired) electrons. The molecule has 0 N–H and O–H groups in total. The average molecular weight is 219 g/mol. The number of hydrogen-bond acceptors (Lipinski definition) is 3. The van der Waals surface area contributed by atoms with Crippen molar-refractivity contribution in [2.24, 2.45) is 5.92 Å². The van der Waals surface area contributed by atoms with E-state index in [0.29, 0.717) is 28.9 Å². The molecule has 0 amide bonds. The van der Waals surface area contributed by atoms with Gasteiger partial charge in [0.2, 0.25) is 0 Å². The van der Waals surface area contributed by atoms with Crippen LogP contribution in [0.25, 0.3) is 10.9 Å². The van der Waals surface area contributed by atoms with E-state index in [1.807, 2.05) is 13.8 Å². The van der Waals surface area contributed by atoms with Gasteiger partial charge in [-0.25, -0.2) is 9.53 Å². The van der Waals surface area contributed by atoms with E-state index in [0.717, 1.165) is 6.29 Å². The summed E-state index contributed by atoms with van der Waals surface area (Å²) >= 11 is 0. The van der Waals surface area contributed by atoms with Gasteiger partial charge in [-0.2, -0.15) is 0 Å². The van der Waals surface area contributed by atoms with Crippen LogP contribution in [0, 0.1) is 5.92 Å². The van der Waals surface area contributed by atoms with Gasteiger partial charge in [0.25, 0.3) is 0 Å². The van der Waals surface area contributed by atoms with Gasteiger partial charge in [0.05, 0.1) is 11.9 Å². The van der Waals surface area contributed by atoms with Crippen LogP contribution in [0.1, 0.15) is 24.2 Å². The Hall–Kier alpha value is -1.84. The minimum absolute atomic E-state index is 0.346. The van der Waals surface area contributed by atoms with Gasteiger partial charge < -0.3 is 4.52 Å². The molecule has 1 heterocycles. The number of aldehydes is 1. The summed E-state index contributed by atoms with van der Waals surface area (Å²) in [6.07, 6.45) is 0.744. The standard InChI is InChI=1S/C12H13NO3/c1-8(2)6-13-11-9(7-14)4-3-5-10(11)12(15)16-13/h3-5,7-8H,6H2,1-2H3. The number of carbonyl (C=O) groups is 1. The van der Waals surface area contributed by atoms with Crippen molar-refractivity contribution in [3.63, 3.8) is 0 Å². The number of para-hydroxylation sites is 1. The second-order valence-corrected chi connectivity index (χ2v) is 4.19. The van der Waals surface area contributed by atoms with Crippen molar-refractivity contribution in [3.05, 3.63) is 34.2 Å². The summed E-state index contributed by atoms with van der Waals surface area (Å²) in [6, 6.07) is 5.04. The molecule has 0 bridgehead atoms. The molecule has 0 spiro atoms. The van der Waals surface area contributed by atoms with Crippen LogP contribution in [0.15, 0.2) is 27.5 Å². The van der Waals surface area contributed by atoms with E-state index in [1.165, 1.54) is 4.74 Å². The normalized spacial score (nSPS) is 11.2. The second-order valence-electron chi connectivity index (χ2n) is 4.19. The molecule has 16 heavy (non-hydrogen) atoms. The van der Waals surface area contributed by atoms with Gasteiger partial charge in [0.1, 0.15) is 5.52 Å². The third-order valence-corrected chi connectivity index (χ3v) is 2.39. The van der Waals surface area contributed by atoms with Crippen molar-refractivity contribution in [2.75, 3.05) is 0 Å². The Morgan fingerprint density at radius 1 is 1.44 bits per heavy atom. The zero-order valence-electron chi connectivity index (χ0n) is 9.27. The molecule has 1 aromatic carbocycles. The van der Waals surface area contributed by atoms with Gasteiger partial charge in [0, 0.05) is 5.56 Å². The van der Waals surface area contributed by atoms with Crippen LogP contribution >= 0.6 is 0 Å². The zero-order valence-corrected chi connectivity index (χ0v) is 9.27.